The van der Waals surface area contributed by atoms with Crippen LogP contribution in [0.3, 0.4) is 0 Å². The quantitative estimate of drug-likeness (QED) is 0.226. The van der Waals surface area contributed by atoms with Crippen LogP contribution in [0.15, 0.2) is 17.6 Å². The Bertz CT molecular complexity index is 405. The van der Waals surface area contributed by atoms with E-state index in [0.717, 1.165) is 11.5 Å². The molecule has 0 aromatic heterocycles. The van der Waals surface area contributed by atoms with Gasteiger partial charge in [0.1, 0.15) is 5.60 Å². The number of halogens is 1. The van der Waals surface area contributed by atoms with E-state index in [-0.39, 0.29) is 30.1 Å². The predicted molar refractivity (Wildman–Crippen MR) is 109 cm³/mol. The zero-order chi connectivity index (χ0) is 16.6. The van der Waals surface area contributed by atoms with Crippen molar-refractivity contribution in [3.05, 3.63) is 12.7 Å². The number of guanidine groups is 1. The zero-order valence-corrected chi connectivity index (χ0v) is 17.4. The minimum atomic E-state index is -0.461. The van der Waals surface area contributed by atoms with Crippen LogP contribution in [0.5, 0.6) is 0 Å². The molecule has 0 aliphatic carbocycles. The Morgan fingerprint density at radius 1 is 1.30 bits per heavy atom. The van der Waals surface area contributed by atoms with Gasteiger partial charge in [-0.05, 0) is 20.8 Å². The first-order chi connectivity index (χ1) is 10.3. The van der Waals surface area contributed by atoms with Crippen molar-refractivity contribution in [2.24, 2.45) is 10.7 Å². The van der Waals surface area contributed by atoms with Crippen LogP contribution >= 0.6 is 35.7 Å². The molecule has 0 unspecified atom stereocenters. The van der Waals surface area contributed by atoms with Crippen molar-refractivity contribution in [2.75, 3.05) is 44.2 Å². The monoisotopic (exact) mass is 456 g/mol. The molecule has 1 saturated heterocycles. The first-order valence-electron chi connectivity index (χ1n) is 7.55. The first kappa shape index (κ1) is 22.4. The van der Waals surface area contributed by atoms with Gasteiger partial charge in [0.2, 0.25) is 0 Å². The molecule has 0 radical (unpaired) electrons. The highest BCUT2D eigenvalue weighted by Gasteiger charge is 2.26. The lowest BCUT2D eigenvalue weighted by Crippen LogP contribution is -2.53. The van der Waals surface area contributed by atoms with Gasteiger partial charge in [-0.2, -0.15) is 11.8 Å². The van der Waals surface area contributed by atoms with E-state index in [4.69, 9.17) is 10.5 Å². The number of ether oxygens (including phenoxy) is 1. The molecule has 0 aromatic carbocycles. The molecule has 1 heterocycles. The van der Waals surface area contributed by atoms with Crippen LogP contribution < -0.4 is 5.73 Å². The van der Waals surface area contributed by atoms with E-state index in [1.807, 2.05) is 31.7 Å². The van der Waals surface area contributed by atoms with Crippen molar-refractivity contribution in [1.82, 2.24) is 9.80 Å². The largest absolute Gasteiger partial charge is 0.444 e. The Balaban J connectivity index is 0.00000484. The minimum absolute atomic E-state index is 0. The van der Waals surface area contributed by atoms with Gasteiger partial charge in [0.25, 0.3) is 0 Å². The average Bonchev–Trinajstić information content (AvgIpc) is 2.45. The third kappa shape index (κ3) is 9.29. The summed E-state index contributed by atoms with van der Waals surface area (Å²) in [5.41, 5.74) is 5.54. The summed E-state index contributed by atoms with van der Waals surface area (Å²) in [4.78, 5) is 20.1. The van der Waals surface area contributed by atoms with Gasteiger partial charge in [-0.25, -0.2) is 4.79 Å². The van der Waals surface area contributed by atoms with E-state index in [9.17, 15) is 4.79 Å². The second-order valence-corrected chi connectivity index (χ2v) is 7.21. The van der Waals surface area contributed by atoms with E-state index in [1.165, 1.54) is 0 Å². The molecule has 1 amide bonds. The summed E-state index contributed by atoms with van der Waals surface area (Å²) in [6.07, 6.45) is 1.62. The van der Waals surface area contributed by atoms with Gasteiger partial charge < -0.3 is 20.3 Å². The lowest BCUT2D eigenvalue weighted by atomic mass is 10.2. The maximum atomic E-state index is 12.0. The number of nitrogens with two attached hydrogens (primary N) is 1. The van der Waals surface area contributed by atoms with Crippen LogP contribution in [0.4, 0.5) is 4.79 Å². The zero-order valence-electron chi connectivity index (χ0n) is 14.3. The molecule has 134 valence electrons. The van der Waals surface area contributed by atoms with Crippen LogP contribution in [0.2, 0.25) is 0 Å². The number of amides is 1. The van der Waals surface area contributed by atoms with Crippen LogP contribution in [0, 0.1) is 0 Å². The highest BCUT2D eigenvalue weighted by atomic mass is 127. The molecule has 1 aliphatic heterocycles. The summed E-state index contributed by atoms with van der Waals surface area (Å²) >= 11 is 1.78. The standard InChI is InChI=1S/C15H28N4O2S.HI/c1-5-11-22-12-6-17-13(16)18-7-9-19(10-8-18)14(20)21-15(2,3)4;/h5H,1,6-12H2,2-4H3,(H2,16,17);1H. The number of hydrogen-bond acceptors (Lipinski definition) is 4. The minimum Gasteiger partial charge on any atom is -0.444 e. The maximum Gasteiger partial charge on any atom is 0.410 e. The number of piperazine rings is 1. The van der Waals surface area contributed by atoms with Gasteiger partial charge in [-0.1, -0.05) is 6.08 Å². The Morgan fingerprint density at radius 2 is 1.87 bits per heavy atom. The molecule has 1 aliphatic rings. The summed E-state index contributed by atoms with van der Waals surface area (Å²) in [5.74, 6) is 2.43. The van der Waals surface area contributed by atoms with Crippen molar-refractivity contribution in [3.8, 4) is 0 Å². The predicted octanol–water partition coefficient (Wildman–Crippen LogP) is 2.39. The third-order valence-corrected chi connectivity index (χ3v) is 3.94. The molecular weight excluding hydrogens is 427 g/mol. The molecule has 0 aromatic rings. The Labute approximate surface area is 160 Å². The fourth-order valence-corrected chi connectivity index (χ4v) is 2.49. The Kier molecular flexibility index (Phi) is 10.7. The van der Waals surface area contributed by atoms with Gasteiger partial charge in [0.15, 0.2) is 5.96 Å². The number of rotatable bonds is 5. The number of nitrogens with zero attached hydrogens (tertiary/aromatic N) is 3. The second-order valence-electron chi connectivity index (χ2n) is 6.06. The fourth-order valence-electron chi connectivity index (χ4n) is 1.94. The van der Waals surface area contributed by atoms with E-state index >= 15 is 0 Å². The molecule has 8 heteroatoms. The van der Waals surface area contributed by atoms with Crippen LogP contribution in [0.1, 0.15) is 20.8 Å². The number of hydrogen-bond donors (Lipinski definition) is 1. The summed E-state index contributed by atoms with van der Waals surface area (Å²) in [6, 6.07) is 0. The first-order valence-corrected chi connectivity index (χ1v) is 8.70. The van der Waals surface area contributed by atoms with Gasteiger partial charge >= 0.3 is 6.09 Å². The van der Waals surface area contributed by atoms with E-state index in [2.05, 4.69) is 11.6 Å². The van der Waals surface area contributed by atoms with Crippen LogP contribution in [-0.2, 0) is 4.74 Å². The van der Waals surface area contributed by atoms with Crippen molar-refractivity contribution in [3.63, 3.8) is 0 Å². The van der Waals surface area contributed by atoms with Gasteiger partial charge in [-0.15, -0.1) is 30.6 Å². The van der Waals surface area contributed by atoms with Gasteiger partial charge in [0.05, 0.1) is 6.54 Å². The van der Waals surface area contributed by atoms with E-state index < -0.39 is 5.60 Å². The molecule has 0 atom stereocenters. The summed E-state index contributed by atoms with van der Waals surface area (Å²) in [6.45, 7) is 12.6. The molecule has 1 rings (SSSR count). The van der Waals surface area contributed by atoms with Crippen molar-refractivity contribution in [2.45, 2.75) is 26.4 Å². The summed E-state index contributed by atoms with van der Waals surface area (Å²) in [7, 11) is 0. The molecule has 0 bridgehead atoms. The smallest absolute Gasteiger partial charge is 0.410 e. The molecule has 23 heavy (non-hydrogen) atoms. The van der Waals surface area contributed by atoms with Gasteiger partial charge in [-0.3, -0.25) is 4.99 Å². The Hall–Kier alpha value is -0.640. The normalized spacial score (nSPS) is 15.9. The maximum absolute atomic E-state index is 12.0. The highest BCUT2D eigenvalue weighted by molar-refractivity contribution is 14.0. The fraction of sp³-hybridized carbons (Fsp3) is 0.733. The van der Waals surface area contributed by atoms with Crippen LogP contribution in [-0.4, -0.2) is 71.7 Å². The van der Waals surface area contributed by atoms with E-state index in [0.29, 0.717) is 38.7 Å². The number of aliphatic imine (C=N–C) groups is 1. The topological polar surface area (TPSA) is 71.2 Å². The van der Waals surface area contributed by atoms with Gasteiger partial charge in [0, 0.05) is 37.7 Å². The molecule has 6 nitrogen and oxygen atoms in total. The summed E-state index contributed by atoms with van der Waals surface area (Å²) < 4.78 is 5.37. The Morgan fingerprint density at radius 3 is 2.39 bits per heavy atom. The average molecular weight is 456 g/mol. The van der Waals surface area contributed by atoms with E-state index in [1.54, 1.807) is 16.7 Å². The molecule has 1 fully saturated rings. The number of carbonyl (C=O) groups is 1. The summed E-state index contributed by atoms with van der Waals surface area (Å²) in [5, 5.41) is 0. The highest BCUT2D eigenvalue weighted by Crippen LogP contribution is 2.11. The van der Waals surface area contributed by atoms with Crippen LogP contribution in [0.25, 0.3) is 0 Å². The lowest BCUT2D eigenvalue weighted by molar-refractivity contribution is 0.0186. The molecule has 0 saturated carbocycles. The molecular formula is C15H29IN4O2S. The molecule has 0 spiro atoms. The van der Waals surface area contributed by atoms with Crippen molar-refractivity contribution >= 4 is 47.8 Å². The molecule has 2 N–H and O–H groups in total. The number of thioether (sulfide) groups is 1. The SMILES string of the molecule is C=CCSCCN=C(N)N1CCN(C(=O)OC(C)(C)C)CC1.I. The third-order valence-electron chi connectivity index (χ3n) is 3.00. The number of carbonyl (C=O) groups excluding carboxylic acids is 1. The van der Waals surface area contributed by atoms with Crippen molar-refractivity contribution in [1.29, 1.82) is 0 Å². The van der Waals surface area contributed by atoms with Crippen molar-refractivity contribution < 1.29 is 9.53 Å². The second kappa shape index (κ2) is 11.0. The lowest BCUT2D eigenvalue weighted by Gasteiger charge is -2.36.